The molecule has 6 heteroatoms. The van der Waals surface area contributed by atoms with Gasteiger partial charge in [0.25, 0.3) is 0 Å². The monoisotopic (exact) mass is 353 g/mol. The molecule has 3 atom stereocenters. The molecule has 2 aliphatic heterocycles. The summed E-state index contributed by atoms with van der Waals surface area (Å²) in [5, 5.41) is 0. The number of aryl methyl sites for hydroxylation is 1. The maximum absolute atomic E-state index is 5.87. The first-order valence-electron chi connectivity index (χ1n) is 9.66. The third-order valence-electron chi connectivity index (χ3n) is 6.33. The Morgan fingerprint density at radius 2 is 1.96 bits per heavy atom. The molecule has 0 amide bonds. The molecule has 0 bridgehead atoms. The molecule has 1 aliphatic carbocycles. The molecule has 2 aromatic heterocycles. The van der Waals surface area contributed by atoms with Crippen molar-refractivity contribution < 1.29 is 4.74 Å². The number of piperidine rings is 1. The summed E-state index contributed by atoms with van der Waals surface area (Å²) >= 11 is 0. The number of aromatic nitrogens is 3. The molecule has 0 aromatic carbocycles. The van der Waals surface area contributed by atoms with Crippen LogP contribution >= 0.6 is 0 Å². The first kappa shape index (κ1) is 16.3. The van der Waals surface area contributed by atoms with E-state index >= 15 is 0 Å². The number of fused-ring (bicyclic) bond motifs is 1. The number of hydrogen-bond donors (Lipinski definition) is 1. The summed E-state index contributed by atoms with van der Waals surface area (Å²) in [4.78, 5) is 11.9. The van der Waals surface area contributed by atoms with Gasteiger partial charge in [0.1, 0.15) is 11.6 Å². The fraction of sp³-hybridized carbons (Fsp3) is 0.600. The van der Waals surface area contributed by atoms with Crippen LogP contribution < -0.4 is 5.73 Å². The lowest BCUT2D eigenvalue weighted by molar-refractivity contribution is -0.0616. The first-order chi connectivity index (χ1) is 12.5. The van der Waals surface area contributed by atoms with Crippen LogP contribution in [-0.2, 0) is 4.74 Å². The zero-order valence-electron chi connectivity index (χ0n) is 15.7. The summed E-state index contributed by atoms with van der Waals surface area (Å²) in [6.07, 6.45) is 4.08. The molecule has 0 spiro atoms. The number of rotatable bonds is 4. The number of pyridine rings is 1. The minimum Gasteiger partial charge on any atom is -0.383 e. The fourth-order valence-corrected chi connectivity index (χ4v) is 4.61. The lowest BCUT2D eigenvalue weighted by Crippen LogP contribution is -2.49. The van der Waals surface area contributed by atoms with Gasteiger partial charge in [-0.15, -0.1) is 0 Å². The standard InChI is InChI=1S/C20H27N5O/c1-11(2)20-23-17(13-4-12(3)19(21)22-5-13)8-25(20)18-15-6-24(7-16(15)18)14-9-26-10-14/h4-5,8,11,14-16,18H,6-7,9-10H2,1-3H3,(H2,21,22)/t15-,16+,18+. The quantitative estimate of drug-likeness (QED) is 0.914. The maximum Gasteiger partial charge on any atom is 0.126 e. The van der Waals surface area contributed by atoms with Crippen LogP contribution in [0, 0.1) is 18.8 Å². The van der Waals surface area contributed by atoms with Gasteiger partial charge in [-0.2, -0.15) is 0 Å². The van der Waals surface area contributed by atoms with Crippen molar-refractivity contribution in [1.29, 1.82) is 0 Å². The lowest BCUT2D eigenvalue weighted by atomic mass is 10.1. The Bertz CT molecular complexity index is 829. The number of nitrogen functional groups attached to an aromatic ring is 1. The number of nitrogens with zero attached hydrogens (tertiary/aromatic N) is 4. The van der Waals surface area contributed by atoms with Crippen LogP contribution in [0.25, 0.3) is 11.3 Å². The Morgan fingerprint density at radius 3 is 2.54 bits per heavy atom. The average molecular weight is 353 g/mol. The molecule has 2 aromatic rings. The van der Waals surface area contributed by atoms with E-state index in [4.69, 9.17) is 15.5 Å². The molecular formula is C20H27N5O. The van der Waals surface area contributed by atoms with E-state index in [-0.39, 0.29) is 0 Å². The van der Waals surface area contributed by atoms with Crippen LogP contribution in [0.3, 0.4) is 0 Å². The van der Waals surface area contributed by atoms with Crippen molar-refractivity contribution in [2.45, 2.75) is 38.8 Å². The number of likely N-dealkylation sites (tertiary alicyclic amines) is 1. The molecule has 2 N–H and O–H groups in total. The highest BCUT2D eigenvalue weighted by molar-refractivity contribution is 5.61. The lowest BCUT2D eigenvalue weighted by Gasteiger charge is -2.36. The molecule has 26 heavy (non-hydrogen) atoms. The topological polar surface area (TPSA) is 69.2 Å². The van der Waals surface area contributed by atoms with Gasteiger partial charge in [0.15, 0.2) is 0 Å². The summed E-state index contributed by atoms with van der Waals surface area (Å²) in [5.41, 5.74) is 8.94. The number of ether oxygens (including phenoxy) is 1. The summed E-state index contributed by atoms with van der Waals surface area (Å²) in [6, 6.07) is 3.36. The van der Waals surface area contributed by atoms with E-state index < -0.39 is 0 Å². The molecule has 0 unspecified atom stereocenters. The van der Waals surface area contributed by atoms with Gasteiger partial charge in [-0.3, -0.25) is 4.90 Å². The second-order valence-corrected chi connectivity index (χ2v) is 8.44. The van der Waals surface area contributed by atoms with Gasteiger partial charge < -0.3 is 15.0 Å². The Morgan fingerprint density at radius 1 is 1.23 bits per heavy atom. The van der Waals surface area contributed by atoms with Gasteiger partial charge in [-0.05, 0) is 30.4 Å². The predicted molar refractivity (Wildman–Crippen MR) is 101 cm³/mol. The number of imidazole rings is 1. The Kier molecular flexibility index (Phi) is 3.62. The average Bonchev–Trinajstić information content (AvgIpc) is 2.94. The number of hydrogen-bond acceptors (Lipinski definition) is 5. The van der Waals surface area contributed by atoms with Crippen molar-refractivity contribution >= 4 is 5.82 Å². The van der Waals surface area contributed by atoms with Gasteiger partial charge in [-0.1, -0.05) is 13.8 Å². The van der Waals surface area contributed by atoms with Crippen LogP contribution in [0.2, 0.25) is 0 Å². The highest BCUT2D eigenvalue weighted by atomic mass is 16.5. The van der Waals surface area contributed by atoms with Crippen molar-refractivity contribution in [2.24, 2.45) is 11.8 Å². The van der Waals surface area contributed by atoms with Gasteiger partial charge in [0.05, 0.1) is 24.9 Å². The van der Waals surface area contributed by atoms with Crippen molar-refractivity contribution in [2.75, 3.05) is 32.0 Å². The zero-order valence-corrected chi connectivity index (χ0v) is 15.7. The highest BCUT2D eigenvalue weighted by Gasteiger charge is 2.58. The highest BCUT2D eigenvalue weighted by Crippen LogP contribution is 2.56. The van der Waals surface area contributed by atoms with Crippen molar-refractivity contribution in [3.05, 3.63) is 29.8 Å². The largest absolute Gasteiger partial charge is 0.383 e. The van der Waals surface area contributed by atoms with Crippen molar-refractivity contribution in [3.8, 4) is 11.3 Å². The predicted octanol–water partition coefficient (Wildman–Crippen LogP) is 2.46. The number of nitrogens with two attached hydrogens (primary N) is 1. The molecule has 5 rings (SSSR count). The molecule has 3 aliphatic rings. The van der Waals surface area contributed by atoms with Gasteiger partial charge in [0.2, 0.25) is 0 Å². The summed E-state index contributed by atoms with van der Waals surface area (Å²) < 4.78 is 7.81. The Balaban J connectivity index is 1.41. The zero-order chi connectivity index (χ0) is 18.0. The second kappa shape index (κ2) is 5.79. The summed E-state index contributed by atoms with van der Waals surface area (Å²) in [5.74, 6) is 3.72. The summed E-state index contributed by atoms with van der Waals surface area (Å²) in [6.45, 7) is 10.7. The Hall–Kier alpha value is -1.92. The Labute approximate surface area is 154 Å². The van der Waals surface area contributed by atoms with Crippen molar-refractivity contribution in [1.82, 2.24) is 19.4 Å². The molecule has 3 fully saturated rings. The summed E-state index contributed by atoms with van der Waals surface area (Å²) in [7, 11) is 0. The second-order valence-electron chi connectivity index (χ2n) is 8.44. The van der Waals surface area contributed by atoms with E-state index in [0.29, 0.717) is 23.8 Å². The third-order valence-corrected chi connectivity index (χ3v) is 6.33. The third kappa shape index (κ3) is 2.47. The molecule has 1 saturated carbocycles. The molecule has 138 valence electrons. The van der Waals surface area contributed by atoms with E-state index in [1.807, 2.05) is 13.1 Å². The molecule has 0 radical (unpaired) electrons. The minimum atomic E-state index is 0.407. The van der Waals surface area contributed by atoms with Crippen LogP contribution in [0.1, 0.15) is 37.2 Å². The normalized spacial score (nSPS) is 28.4. The maximum atomic E-state index is 5.87. The van der Waals surface area contributed by atoms with Gasteiger partial charge in [-0.25, -0.2) is 9.97 Å². The smallest absolute Gasteiger partial charge is 0.126 e. The SMILES string of the molecule is Cc1cc(-c2cn([C@H]3[C@@H]4CN(C5COC5)C[C@@H]43)c(C(C)C)n2)cnc1N. The molecule has 4 heterocycles. The van der Waals surface area contributed by atoms with E-state index in [0.717, 1.165) is 41.9 Å². The van der Waals surface area contributed by atoms with E-state index in [1.54, 1.807) is 0 Å². The van der Waals surface area contributed by atoms with Crippen LogP contribution in [-0.4, -0.2) is 51.8 Å². The fourth-order valence-electron chi connectivity index (χ4n) is 4.61. The molecule has 2 saturated heterocycles. The van der Waals surface area contributed by atoms with Gasteiger partial charge >= 0.3 is 0 Å². The van der Waals surface area contributed by atoms with Crippen LogP contribution in [0.5, 0.6) is 0 Å². The van der Waals surface area contributed by atoms with Crippen molar-refractivity contribution in [3.63, 3.8) is 0 Å². The first-order valence-corrected chi connectivity index (χ1v) is 9.66. The van der Waals surface area contributed by atoms with Gasteiger partial charge in [0, 0.05) is 43.0 Å². The number of anilines is 1. The molecular weight excluding hydrogens is 326 g/mol. The van der Waals surface area contributed by atoms with Crippen LogP contribution in [0.4, 0.5) is 5.82 Å². The van der Waals surface area contributed by atoms with E-state index in [9.17, 15) is 0 Å². The minimum absolute atomic E-state index is 0.407. The van der Waals surface area contributed by atoms with E-state index in [1.165, 1.54) is 18.9 Å². The van der Waals surface area contributed by atoms with E-state index in [2.05, 4.69) is 40.6 Å². The van der Waals surface area contributed by atoms with Crippen LogP contribution in [0.15, 0.2) is 18.5 Å². The molecule has 6 nitrogen and oxygen atoms in total.